The highest BCUT2D eigenvalue weighted by molar-refractivity contribution is 5.74. The van der Waals surface area contributed by atoms with Gasteiger partial charge < -0.3 is 10.6 Å². The summed E-state index contributed by atoms with van der Waals surface area (Å²) < 4.78 is 0. The van der Waals surface area contributed by atoms with Gasteiger partial charge in [0.1, 0.15) is 0 Å². The van der Waals surface area contributed by atoms with E-state index in [2.05, 4.69) is 26.5 Å². The van der Waals surface area contributed by atoms with Crippen LogP contribution in [0.5, 0.6) is 0 Å². The lowest BCUT2D eigenvalue weighted by molar-refractivity contribution is 0.231. The number of rotatable bonds is 3. The highest BCUT2D eigenvalue weighted by Crippen LogP contribution is 2.09. The van der Waals surface area contributed by atoms with Gasteiger partial charge in [0.05, 0.1) is 17.8 Å². The molecule has 0 aliphatic carbocycles. The van der Waals surface area contributed by atoms with Crippen LogP contribution in [-0.4, -0.2) is 29.1 Å². The number of nitrogens with one attached hydrogen (secondary N) is 4. The van der Waals surface area contributed by atoms with Gasteiger partial charge in [-0.1, -0.05) is 6.07 Å². The first kappa shape index (κ1) is 13.8. The normalized spacial score (nSPS) is 27.8. The van der Waals surface area contributed by atoms with Gasteiger partial charge >= 0.3 is 6.03 Å². The molecule has 19 heavy (non-hydrogen) atoms. The Morgan fingerprint density at radius 3 is 2.58 bits per heavy atom. The lowest BCUT2D eigenvalue weighted by Gasteiger charge is -2.21. The molecule has 6 nitrogen and oxygen atoms in total. The van der Waals surface area contributed by atoms with Crippen molar-refractivity contribution in [1.29, 1.82) is 0 Å². The molecule has 1 aromatic heterocycles. The number of hydrazine groups is 1. The number of carbonyl (C=O) groups is 1. The number of carbonyl (C=O) groups excluding carboxylic acids is 1. The fourth-order valence-electron chi connectivity index (χ4n) is 2.22. The molecule has 1 aromatic rings. The number of aromatic nitrogens is 1. The van der Waals surface area contributed by atoms with E-state index in [0.717, 1.165) is 5.69 Å². The quantitative estimate of drug-likeness (QED) is 0.647. The van der Waals surface area contributed by atoms with Crippen LogP contribution >= 0.6 is 0 Å². The third kappa shape index (κ3) is 3.42. The summed E-state index contributed by atoms with van der Waals surface area (Å²) in [5.74, 6) is 0. The summed E-state index contributed by atoms with van der Waals surface area (Å²) in [6.45, 7) is 5.98. The number of amides is 2. The standard InChI is InChI=1S/C13H21N5O/c1-8(11-6-4-5-7-14-11)15-13(19)16-12-9(2)17-18-10(12)3/h4-10,12,17-18H,1-3H3,(H2,15,16,19). The van der Waals surface area contributed by atoms with E-state index < -0.39 is 0 Å². The highest BCUT2D eigenvalue weighted by atomic mass is 16.2. The van der Waals surface area contributed by atoms with Crippen molar-refractivity contribution in [2.75, 3.05) is 0 Å². The van der Waals surface area contributed by atoms with Gasteiger partial charge in [-0.05, 0) is 32.9 Å². The van der Waals surface area contributed by atoms with Crippen molar-refractivity contribution in [1.82, 2.24) is 26.5 Å². The molecule has 1 aliphatic rings. The van der Waals surface area contributed by atoms with Crippen LogP contribution in [0.15, 0.2) is 24.4 Å². The topological polar surface area (TPSA) is 78.1 Å². The highest BCUT2D eigenvalue weighted by Gasteiger charge is 2.31. The largest absolute Gasteiger partial charge is 0.332 e. The Bertz CT molecular complexity index is 414. The van der Waals surface area contributed by atoms with Crippen LogP contribution < -0.4 is 21.5 Å². The molecule has 2 rings (SSSR count). The molecule has 0 bridgehead atoms. The van der Waals surface area contributed by atoms with Crippen LogP contribution in [0, 0.1) is 0 Å². The Morgan fingerprint density at radius 1 is 1.32 bits per heavy atom. The van der Waals surface area contributed by atoms with Gasteiger partial charge in [-0.15, -0.1) is 0 Å². The Morgan fingerprint density at radius 2 is 2.00 bits per heavy atom. The van der Waals surface area contributed by atoms with Crippen LogP contribution in [0.25, 0.3) is 0 Å². The van der Waals surface area contributed by atoms with Crippen molar-refractivity contribution in [3.63, 3.8) is 0 Å². The fraction of sp³-hybridized carbons (Fsp3) is 0.538. The maximum absolute atomic E-state index is 12.0. The summed E-state index contributed by atoms with van der Waals surface area (Å²) in [4.78, 5) is 16.2. The average molecular weight is 263 g/mol. The SMILES string of the molecule is CC(NC(=O)NC1C(C)NNC1C)c1ccccn1. The maximum atomic E-state index is 12.0. The Labute approximate surface area is 113 Å². The molecule has 2 amide bonds. The van der Waals surface area contributed by atoms with Crippen LogP contribution in [0.4, 0.5) is 4.79 Å². The van der Waals surface area contributed by atoms with Crippen LogP contribution in [0.1, 0.15) is 32.5 Å². The smallest absolute Gasteiger partial charge is 0.315 e. The number of nitrogens with zero attached hydrogens (tertiary/aromatic N) is 1. The van der Waals surface area contributed by atoms with E-state index in [1.807, 2.05) is 39.0 Å². The zero-order valence-electron chi connectivity index (χ0n) is 11.5. The second kappa shape index (κ2) is 5.99. The van der Waals surface area contributed by atoms with Gasteiger partial charge in [0.2, 0.25) is 0 Å². The Hall–Kier alpha value is -1.66. The van der Waals surface area contributed by atoms with E-state index in [1.165, 1.54) is 0 Å². The molecule has 6 heteroatoms. The predicted octanol–water partition coefficient (Wildman–Crippen LogP) is 0.695. The first-order valence-corrected chi connectivity index (χ1v) is 6.57. The Balaban J connectivity index is 1.88. The first-order valence-electron chi connectivity index (χ1n) is 6.57. The van der Waals surface area contributed by atoms with Crippen LogP contribution in [-0.2, 0) is 0 Å². The first-order chi connectivity index (χ1) is 9.08. The van der Waals surface area contributed by atoms with Crippen molar-refractivity contribution in [3.05, 3.63) is 30.1 Å². The van der Waals surface area contributed by atoms with E-state index >= 15 is 0 Å². The average Bonchev–Trinajstić information content (AvgIpc) is 2.71. The van der Waals surface area contributed by atoms with Gasteiger partial charge in [0, 0.05) is 18.3 Å². The molecule has 0 aromatic carbocycles. The monoisotopic (exact) mass is 263 g/mol. The maximum Gasteiger partial charge on any atom is 0.315 e. The molecule has 4 N–H and O–H groups in total. The van der Waals surface area contributed by atoms with E-state index in [9.17, 15) is 4.79 Å². The van der Waals surface area contributed by atoms with Gasteiger partial charge in [0.15, 0.2) is 0 Å². The molecule has 104 valence electrons. The molecule has 0 radical (unpaired) electrons. The predicted molar refractivity (Wildman–Crippen MR) is 73.3 cm³/mol. The van der Waals surface area contributed by atoms with E-state index in [1.54, 1.807) is 6.20 Å². The molecule has 1 aliphatic heterocycles. The van der Waals surface area contributed by atoms with Crippen molar-refractivity contribution in [2.24, 2.45) is 0 Å². The van der Waals surface area contributed by atoms with Crippen molar-refractivity contribution in [2.45, 2.75) is 44.9 Å². The fourth-order valence-corrected chi connectivity index (χ4v) is 2.22. The number of hydrogen-bond acceptors (Lipinski definition) is 4. The second-order valence-corrected chi connectivity index (χ2v) is 4.99. The lowest BCUT2D eigenvalue weighted by atomic mass is 10.1. The molecule has 1 fully saturated rings. The number of pyridine rings is 1. The zero-order chi connectivity index (χ0) is 13.8. The summed E-state index contributed by atoms with van der Waals surface area (Å²) in [6, 6.07) is 5.84. The van der Waals surface area contributed by atoms with Crippen molar-refractivity contribution < 1.29 is 4.79 Å². The Kier molecular flexibility index (Phi) is 4.34. The molecular formula is C13H21N5O. The van der Waals surface area contributed by atoms with Gasteiger partial charge in [-0.2, -0.15) is 0 Å². The van der Waals surface area contributed by atoms with E-state index in [0.29, 0.717) is 0 Å². The van der Waals surface area contributed by atoms with Crippen LogP contribution in [0.3, 0.4) is 0 Å². The molecule has 1 saturated heterocycles. The van der Waals surface area contributed by atoms with Gasteiger partial charge in [0.25, 0.3) is 0 Å². The number of hydrogen-bond donors (Lipinski definition) is 4. The minimum Gasteiger partial charge on any atom is -0.332 e. The third-order valence-electron chi connectivity index (χ3n) is 3.39. The van der Waals surface area contributed by atoms with E-state index in [4.69, 9.17) is 0 Å². The van der Waals surface area contributed by atoms with Gasteiger partial charge in [-0.3, -0.25) is 15.8 Å². The second-order valence-electron chi connectivity index (χ2n) is 4.99. The van der Waals surface area contributed by atoms with Gasteiger partial charge in [-0.25, -0.2) is 4.79 Å². The molecule has 3 atom stereocenters. The molecular weight excluding hydrogens is 242 g/mol. The molecule has 2 heterocycles. The summed E-state index contributed by atoms with van der Waals surface area (Å²) in [6.07, 6.45) is 1.72. The number of urea groups is 1. The van der Waals surface area contributed by atoms with E-state index in [-0.39, 0.29) is 30.2 Å². The zero-order valence-corrected chi connectivity index (χ0v) is 11.5. The van der Waals surface area contributed by atoms with Crippen LogP contribution in [0.2, 0.25) is 0 Å². The summed E-state index contributed by atoms with van der Waals surface area (Å²) >= 11 is 0. The lowest BCUT2D eigenvalue weighted by Crippen LogP contribution is -2.50. The summed E-state index contributed by atoms with van der Waals surface area (Å²) in [7, 11) is 0. The molecule has 0 saturated carbocycles. The summed E-state index contributed by atoms with van der Waals surface area (Å²) in [5, 5.41) is 5.87. The summed E-state index contributed by atoms with van der Waals surface area (Å²) in [5.41, 5.74) is 7.06. The minimum atomic E-state index is -0.174. The molecule has 0 spiro atoms. The third-order valence-corrected chi connectivity index (χ3v) is 3.39. The van der Waals surface area contributed by atoms with Crippen molar-refractivity contribution in [3.8, 4) is 0 Å². The van der Waals surface area contributed by atoms with Crippen molar-refractivity contribution >= 4 is 6.03 Å². The molecule has 3 unspecified atom stereocenters. The minimum absolute atomic E-state index is 0.0657.